The molecule has 1 heterocycles. The predicted octanol–water partition coefficient (Wildman–Crippen LogP) is 2.64. The Morgan fingerprint density at radius 2 is 1.82 bits per heavy atom. The molecule has 1 aliphatic heterocycles. The van der Waals surface area contributed by atoms with E-state index < -0.39 is 0 Å². The minimum Gasteiger partial charge on any atom is -0.371 e. The van der Waals surface area contributed by atoms with Gasteiger partial charge in [0.1, 0.15) is 11.7 Å². The van der Waals surface area contributed by atoms with E-state index in [9.17, 15) is 4.39 Å². The van der Waals surface area contributed by atoms with Crippen molar-refractivity contribution < 1.29 is 4.39 Å². The highest BCUT2D eigenvalue weighted by molar-refractivity contribution is 5.94. The predicted molar refractivity (Wildman–Crippen MR) is 66.9 cm³/mol. The van der Waals surface area contributed by atoms with Gasteiger partial charge in [0.05, 0.1) is 12.0 Å². The molecule has 2 aliphatic rings. The SMILES string of the molecule is Fc1ccc(C2(C3=NCCN3)CCCC2)cc1. The van der Waals surface area contributed by atoms with E-state index in [0.29, 0.717) is 0 Å². The fourth-order valence-corrected chi connectivity index (χ4v) is 3.13. The summed E-state index contributed by atoms with van der Waals surface area (Å²) in [6.45, 7) is 1.82. The number of amidine groups is 1. The van der Waals surface area contributed by atoms with Crippen LogP contribution in [0.5, 0.6) is 0 Å². The molecule has 1 saturated carbocycles. The van der Waals surface area contributed by atoms with Gasteiger partial charge in [0.15, 0.2) is 0 Å². The molecule has 0 aromatic heterocycles. The number of rotatable bonds is 2. The molecule has 1 aromatic carbocycles. The molecule has 0 unspecified atom stereocenters. The Balaban J connectivity index is 2.02. The Bertz CT molecular complexity index is 430. The monoisotopic (exact) mass is 232 g/mol. The van der Waals surface area contributed by atoms with E-state index in [2.05, 4.69) is 10.3 Å². The highest BCUT2D eigenvalue weighted by Gasteiger charge is 2.41. The van der Waals surface area contributed by atoms with E-state index in [0.717, 1.165) is 31.8 Å². The second-order valence-electron chi connectivity index (χ2n) is 4.95. The summed E-state index contributed by atoms with van der Waals surface area (Å²) in [7, 11) is 0. The van der Waals surface area contributed by atoms with Crippen LogP contribution in [0, 0.1) is 5.82 Å². The summed E-state index contributed by atoms with van der Waals surface area (Å²) >= 11 is 0. The van der Waals surface area contributed by atoms with Crippen molar-refractivity contribution in [3.63, 3.8) is 0 Å². The summed E-state index contributed by atoms with van der Waals surface area (Å²) in [4.78, 5) is 4.60. The van der Waals surface area contributed by atoms with E-state index in [-0.39, 0.29) is 11.2 Å². The number of hydrogen-bond donors (Lipinski definition) is 1. The average Bonchev–Trinajstić information content (AvgIpc) is 3.01. The van der Waals surface area contributed by atoms with Gasteiger partial charge in [0, 0.05) is 6.54 Å². The van der Waals surface area contributed by atoms with Gasteiger partial charge >= 0.3 is 0 Å². The van der Waals surface area contributed by atoms with Crippen molar-refractivity contribution in [1.29, 1.82) is 0 Å². The molecule has 1 aliphatic carbocycles. The van der Waals surface area contributed by atoms with E-state index in [1.165, 1.54) is 18.4 Å². The smallest absolute Gasteiger partial charge is 0.123 e. The second-order valence-corrected chi connectivity index (χ2v) is 4.95. The maximum Gasteiger partial charge on any atom is 0.123 e. The molecule has 90 valence electrons. The highest BCUT2D eigenvalue weighted by atomic mass is 19.1. The Hall–Kier alpha value is -1.38. The summed E-state index contributed by atoms with van der Waals surface area (Å²) in [6, 6.07) is 6.96. The van der Waals surface area contributed by atoms with Gasteiger partial charge in [-0.3, -0.25) is 4.99 Å². The number of halogens is 1. The third-order valence-electron chi connectivity index (χ3n) is 3.98. The number of benzene rings is 1. The van der Waals surface area contributed by atoms with Crippen LogP contribution < -0.4 is 5.32 Å². The van der Waals surface area contributed by atoms with Crippen LogP contribution in [0.25, 0.3) is 0 Å². The molecular weight excluding hydrogens is 215 g/mol. The first kappa shape index (κ1) is 10.8. The van der Waals surface area contributed by atoms with Gasteiger partial charge in [0.2, 0.25) is 0 Å². The van der Waals surface area contributed by atoms with E-state index in [1.54, 1.807) is 12.1 Å². The van der Waals surface area contributed by atoms with Gasteiger partial charge in [-0.05, 0) is 30.5 Å². The maximum absolute atomic E-state index is 13.0. The number of nitrogens with zero attached hydrogens (tertiary/aromatic N) is 1. The third kappa shape index (κ3) is 1.74. The molecule has 3 heteroatoms. The second kappa shape index (κ2) is 4.13. The van der Waals surface area contributed by atoms with Crippen LogP contribution in [0.2, 0.25) is 0 Å². The minimum atomic E-state index is -0.164. The van der Waals surface area contributed by atoms with E-state index >= 15 is 0 Å². The molecule has 0 atom stereocenters. The lowest BCUT2D eigenvalue weighted by atomic mass is 9.77. The van der Waals surface area contributed by atoms with Crippen LogP contribution in [0.1, 0.15) is 31.2 Å². The third-order valence-corrected chi connectivity index (χ3v) is 3.98. The maximum atomic E-state index is 13.0. The average molecular weight is 232 g/mol. The van der Waals surface area contributed by atoms with Crippen molar-refractivity contribution >= 4 is 5.84 Å². The largest absolute Gasteiger partial charge is 0.371 e. The van der Waals surface area contributed by atoms with Gasteiger partial charge in [-0.25, -0.2) is 4.39 Å². The van der Waals surface area contributed by atoms with Crippen molar-refractivity contribution in [3.8, 4) is 0 Å². The number of hydrogen-bond acceptors (Lipinski definition) is 2. The zero-order valence-corrected chi connectivity index (χ0v) is 9.88. The van der Waals surface area contributed by atoms with Crippen LogP contribution in [-0.4, -0.2) is 18.9 Å². The number of nitrogens with one attached hydrogen (secondary N) is 1. The molecule has 17 heavy (non-hydrogen) atoms. The van der Waals surface area contributed by atoms with Crippen LogP contribution in [0.4, 0.5) is 4.39 Å². The van der Waals surface area contributed by atoms with Crippen LogP contribution in [-0.2, 0) is 5.41 Å². The first-order valence-electron chi connectivity index (χ1n) is 6.36. The molecule has 1 aromatic rings. The molecule has 0 bridgehead atoms. The zero-order valence-electron chi connectivity index (χ0n) is 9.88. The molecule has 0 spiro atoms. The minimum absolute atomic E-state index is 0.0319. The Kier molecular flexibility index (Phi) is 2.61. The summed E-state index contributed by atoms with van der Waals surface area (Å²) in [5, 5.41) is 3.41. The quantitative estimate of drug-likeness (QED) is 0.833. The molecule has 1 fully saturated rings. The van der Waals surface area contributed by atoms with E-state index in [4.69, 9.17) is 0 Å². The van der Waals surface area contributed by atoms with Crippen molar-refractivity contribution in [3.05, 3.63) is 35.6 Å². The topological polar surface area (TPSA) is 24.4 Å². The van der Waals surface area contributed by atoms with Crippen LogP contribution in [0.3, 0.4) is 0 Å². The first-order chi connectivity index (χ1) is 8.31. The first-order valence-corrected chi connectivity index (χ1v) is 6.36. The molecule has 0 amide bonds. The summed E-state index contributed by atoms with van der Waals surface area (Å²) in [5.41, 5.74) is 1.24. The lowest BCUT2D eigenvalue weighted by Gasteiger charge is -2.30. The molecule has 0 saturated heterocycles. The van der Waals surface area contributed by atoms with Crippen molar-refractivity contribution in [2.24, 2.45) is 4.99 Å². The van der Waals surface area contributed by atoms with Crippen LogP contribution >= 0.6 is 0 Å². The molecule has 0 radical (unpaired) electrons. The fraction of sp³-hybridized carbons (Fsp3) is 0.500. The molecular formula is C14H17FN2. The summed E-state index contributed by atoms with van der Waals surface area (Å²) in [5.74, 6) is 0.963. The molecule has 2 nitrogen and oxygen atoms in total. The molecule has 3 rings (SSSR count). The van der Waals surface area contributed by atoms with Crippen LogP contribution in [0.15, 0.2) is 29.3 Å². The lowest BCUT2D eigenvalue weighted by molar-refractivity contribution is 0.578. The highest BCUT2D eigenvalue weighted by Crippen LogP contribution is 2.42. The van der Waals surface area contributed by atoms with Crippen molar-refractivity contribution in [2.75, 3.05) is 13.1 Å². The van der Waals surface area contributed by atoms with Gasteiger partial charge in [0.25, 0.3) is 0 Å². The van der Waals surface area contributed by atoms with Crippen molar-refractivity contribution in [2.45, 2.75) is 31.1 Å². The molecule has 1 N–H and O–H groups in total. The summed E-state index contributed by atoms with van der Waals surface area (Å²) < 4.78 is 13.0. The number of aliphatic imine (C=N–C) groups is 1. The van der Waals surface area contributed by atoms with E-state index in [1.807, 2.05) is 12.1 Å². The Morgan fingerprint density at radius 1 is 1.12 bits per heavy atom. The van der Waals surface area contributed by atoms with Gasteiger partial charge < -0.3 is 5.32 Å². The Morgan fingerprint density at radius 3 is 2.41 bits per heavy atom. The van der Waals surface area contributed by atoms with Crippen molar-refractivity contribution in [1.82, 2.24) is 5.32 Å². The van der Waals surface area contributed by atoms with Gasteiger partial charge in [-0.15, -0.1) is 0 Å². The van der Waals surface area contributed by atoms with Gasteiger partial charge in [-0.1, -0.05) is 25.0 Å². The lowest BCUT2D eigenvalue weighted by Crippen LogP contribution is -2.40. The summed E-state index contributed by atoms with van der Waals surface area (Å²) in [6.07, 6.45) is 4.73. The normalized spacial score (nSPS) is 22.3. The fourth-order valence-electron chi connectivity index (χ4n) is 3.13. The zero-order chi connectivity index (χ0) is 11.7. The Labute approximate surface area is 101 Å². The van der Waals surface area contributed by atoms with Gasteiger partial charge in [-0.2, -0.15) is 0 Å². The standard InChI is InChI=1S/C14H17FN2/c15-12-5-3-11(4-6-12)14(7-1-2-8-14)13-16-9-10-17-13/h3-6H,1-2,7-10H2,(H,16,17).